The average molecular weight is 610 g/mol. The van der Waals surface area contributed by atoms with E-state index in [1.54, 1.807) is 0 Å². The van der Waals surface area contributed by atoms with Crippen molar-refractivity contribution in [1.29, 1.82) is 5.26 Å². The van der Waals surface area contributed by atoms with Crippen molar-refractivity contribution in [1.82, 2.24) is 18.9 Å². The zero-order valence-corrected chi connectivity index (χ0v) is 25.5. The molecule has 0 aliphatic heterocycles. The number of rotatable bonds is 2. The lowest BCUT2D eigenvalue weighted by molar-refractivity contribution is 1.08. The van der Waals surface area contributed by atoms with E-state index in [1.807, 2.05) is 48.5 Å². The summed E-state index contributed by atoms with van der Waals surface area (Å²) in [6, 6.07) is 51.0. The first kappa shape index (κ1) is 25.4. The molecule has 0 N–H and O–H groups in total. The van der Waals surface area contributed by atoms with Crippen LogP contribution in [0.15, 0.2) is 140 Å². The van der Waals surface area contributed by atoms with E-state index in [1.165, 1.54) is 54.3 Å². The lowest BCUT2D eigenvalue weighted by Gasteiger charge is -2.14. The Morgan fingerprint density at radius 1 is 0.500 bits per heavy atom. The number of benzene rings is 7. The number of aromatic nitrogens is 4. The van der Waals surface area contributed by atoms with E-state index in [0.717, 1.165) is 44.5 Å². The summed E-state index contributed by atoms with van der Waals surface area (Å²) in [5, 5.41) is 19.3. The van der Waals surface area contributed by atoms with E-state index in [2.05, 4.69) is 106 Å². The van der Waals surface area contributed by atoms with Gasteiger partial charge in [-0.05, 0) is 59.3 Å². The van der Waals surface area contributed by atoms with Crippen molar-refractivity contribution in [3.63, 3.8) is 0 Å². The van der Waals surface area contributed by atoms with Crippen LogP contribution in [0.2, 0.25) is 0 Å². The van der Waals surface area contributed by atoms with Crippen molar-refractivity contribution in [2.45, 2.75) is 0 Å². The molecule has 220 valence electrons. The highest BCUT2D eigenvalue weighted by Gasteiger charge is 2.27. The van der Waals surface area contributed by atoms with Crippen LogP contribution in [0.5, 0.6) is 0 Å². The van der Waals surface area contributed by atoms with Crippen LogP contribution in [-0.4, -0.2) is 18.9 Å². The molecule has 0 aliphatic rings. The Bertz CT molecular complexity index is 3170. The summed E-state index contributed by atoms with van der Waals surface area (Å²) in [7, 11) is 0. The fourth-order valence-corrected chi connectivity index (χ4v) is 8.03. The van der Waals surface area contributed by atoms with Crippen LogP contribution < -0.4 is 0 Å². The maximum absolute atomic E-state index is 9.55. The van der Waals surface area contributed by atoms with Crippen LogP contribution in [0.3, 0.4) is 0 Å². The van der Waals surface area contributed by atoms with Crippen LogP contribution in [0.1, 0.15) is 5.56 Å². The van der Waals surface area contributed by atoms with Gasteiger partial charge < -0.3 is 4.40 Å². The van der Waals surface area contributed by atoms with Crippen molar-refractivity contribution in [3.8, 4) is 23.1 Å². The molecular formula is C43H23N5. The minimum Gasteiger partial charge on any atom is -0.308 e. The Labute approximate surface area is 273 Å². The van der Waals surface area contributed by atoms with Crippen LogP contribution >= 0.6 is 0 Å². The minimum atomic E-state index is 0.609. The highest BCUT2D eigenvalue weighted by atomic mass is 15.1. The molecule has 48 heavy (non-hydrogen) atoms. The van der Waals surface area contributed by atoms with Crippen molar-refractivity contribution in [2.75, 3.05) is 0 Å². The number of hydrogen-bond donors (Lipinski definition) is 0. The van der Waals surface area contributed by atoms with E-state index in [-0.39, 0.29) is 0 Å². The molecule has 0 unspecified atom stereocenters. The third-order valence-corrected chi connectivity index (χ3v) is 10.0. The van der Waals surface area contributed by atoms with Gasteiger partial charge in [-0.2, -0.15) is 5.26 Å². The number of nitrogens with zero attached hydrogens (tertiary/aromatic N) is 5. The Balaban J connectivity index is 1.43. The number of hydrogen-bond acceptors (Lipinski definition) is 3. The van der Waals surface area contributed by atoms with Gasteiger partial charge in [0.2, 0.25) is 0 Å². The smallest absolute Gasteiger partial charge is 0.165 e. The van der Waals surface area contributed by atoms with Gasteiger partial charge in [0.05, 0.1) is 50.2 Å². The molecule has 5 nitrogen and oxygen atoms in total. The Morgan fingerprint density at radius 2 is 1.15 bits per heavy atom. The molecule has 0 saturated carbocycles. The quantitative estimate of drug-likeness (QED) is 0.196. The molecule has 0 amide bonds. The molecule has 4 aromatic heterocycles. The topological polar surface area (TPSA) is 58.9 Å². The monoisotopic (exact) mass is 609 g/mol. The Hall–Kier alpha value is -6.77. The summed E-state index contributed by atoms with van der Waals surface area (Å²) in [6.45, 7) is 0. The van der Waals surface area contributed by atoms with Crippen molar-refractivity contribution < 1.29 is 0 Å². The van der Waals surface area contributed by atoms with Crippen molar-refractivity contribution in [3.05, 3.63) is 145 Å². The predicted octanol–water partition coefficient (Wildman–Crippen LogP) is 10.6. The van der Waals surface area contributed by atoms with Gasteiger partial charge in [0.25, 0.3) is 0 Å². The first-order valence-electron chi connectivity index (χ1n) is 16.1. The molecule has 0 fully saturated rings. The fraction of sp³-hybridized carbons (Fsp3) is 0. The lowest BCUT2D eigenvalue weighted by Crippen LogP contribution is -2.04. The molecule has 0 bridgehead atoms. The largest absolute Gasteiger partial charge is 0.308 e. The maximum atomic E-state index is 9.55. The molecule has 5 heteroatoms. The summed E-state index contributed by atoms with van der Waals surface area (Å²) in [6.07, 6.45) is 0. The maximum Gasteiger partial charge on any atom is 0.165 e. The number of nitriles is 1. The van der Waals surface area contributed by atoms with Crippen LogP contribution in [-0.2, 0) is 0 Å². The average Bonchev–Trinajstić information content (AvgIpc) is 3.79. The fourth-order valence-electron chi connectivity index (χ4n) is 8.03. The third-order valence-electron chi connectivity index (χ3n) is 10.0. The van der Waals surface area contributed by atoms with E-state index in [9.17, 15) is 5.26 Å². The molecular weight excluding hydrogens is 587 g/mol. The summed E-state index contributed by atoms with van der Waals surface area (Å²) in [4.78, 5) is 10.7. The highest BCUT2D eigenvalue weighted by molar-refractivity contribution is 6.37. The molecule has 7 aromatic carbocycles. The number of fused-ring (bicyclic) bond motifs is 13. The van der Waals surface area contributed by atoms with Crippen LogP contribution in [0, 0.1) is 11.3 Å². The zero-order valence-electron chi connectivity index (χ0n) is 25.5. The van der Waals surface area contributed by atoms with Crippen LogP contribution in [0.25, 0.3) is 98.8 Å². The molecule has 0 radical (unpaired) electrons. The van der Waals surface area contributed by atoms with Crippen molar-refractivity contribution in [2.24, 2.45) is 0 Å². The van der Waals surface area contributed by atoms with E-state index >= 15 is 0 Å². The van der Waals surface area contributed by atoms with Gasteiger partial charge in [-0.3, -0.25) is 4.57 Å². The van der Waals surface area contributed by atoms with Gasteiger partial charge in [-0.25, -0.2) is 9.97 Å². The molecule has 11 aromatic rings. The standard InChI is InChI=1S/C43H23N5/c44-24-25-17-19-27(20-18-25)40-43(46-34-14-6-5-13-33(34)45-40)48-36-16-8-4-12-30(36)32-23-31-29-11-3-7-15-35(29)47-37-22-21-26-9-1-2-10-28(26)38(37)39(41(31)47)42(32)48/h1-23H. The third kappa shape index (κ3) is 3.18. The summed E-state index contributed by atoms with van der Waals surface area (Å²) < 4.78 is 4.79. The molecule has 0 saturated heterocycles. The van der Waals surface area contributed by atoms with Gasteiger partial charge in [-0.1, -0.05) is 91.0 Å². The van der Waals surface area contributed by atoms with E-state index in [0.29, 0.717) is 5.56 Å². The molecule has 0 spiro atoms. The second-order valence-corrected chi connectivity index (χ2v) is 12.5. The molecule has 11 rings (SSSR count). The minimum absolute atomic E-state index is 0.609. The SMILES string of the molecule is N#Cc1ccc(-c2nc3ccccc3nc2-n2c3ccccc3c3cc4c5ccccc5n5c6ccc7ccccc7c6c(c32)c45)cc1. The summed E-state index contributed by atoms with van der Waals surface area (Å²) in [5.41, 5.74) is 9.73. The van der Waals surface area contributed by atoms with Gasteiger partial charge in [0.15, 0.2) is 5.82 Å². The zero-order chi connectivity index (χ0) is 31.5. The van der Waals surface area contributed by atoms with E-state index < -0.39 is 0 Å². The Kier molecular flexibility index (Phi) is 4.85. The second kappa shape index (κ2) is 9.16. The van der Waals surface area contributed by atoms with Gasteiger partial charge in [0, 0.05) is 37.9 Å². The lowest BCUT2D eigenvalue weighted by atomic mass is 9.99. The number of para-hydroxylation sites is 4. The first-order chi connectivity index (χ1) is 23.8. The summed E-state index contributed by atoms with van der Waals surface area (Å²) in [5.74, 6) is 0.761. The van der Waals surface area contributed by atoms with Gasteiger partial charge in [-0.15, -0.1) is 0 Å². The molecule has 0 aliphatic carbocycles. The van der Waals surface area contributed by atoms with E-state index in [4.69, 9.17) is 9.97 Å². The normalized spacial score (nSPS) is 12.1. The van der Waals surface area contributed by atoms with Gasteiger partial charge >= 0.3 is 0 Å². The Morgan fingerprint density at radius 3 is 1.94 bits per heavy atom. The van der Waals surface area contributed by atoms with Crippen molar-refractivity contribution >= 4 is 81.7 Å². The molecule has 4 heterocycles. The second-order valence-electron chi connectivity index (χ2n) is 12.5. The highest BCUT2D eigenvalue weighted by Crippen LogP contribution is 2.48. The summed E-state index contributed by atoms with van der Waals surface area (Å²) >= 11 is 0. The first-order valence-corrected chi connectivity index (χ1v) is 16.1. The van der Waals surface area contributed by atoms with Crippen LogP contribution in [0.4, 0.5) is 0 Å². The van der Waals surface area contributed by atoms with Gasteiger partial charge in [0.1, 0.15) is 5.69 Å². The molecule has 0 atom stereocenters. The predicted molar refractivity (Wildman–Crippen MR) is 196 cm³/mol.